The molecule has 0 amide bonds. The standard InChI is InChI=1S/C13H19NO3/c1-13(15)7-6-12(13)14-9-4-5-10(16-2)11(8-9)17-3/h4-5,8,12,14-15H,6-7H2,1-3H3/t12-,13-/m0/s1. The van der Waals surface area contributed by atoms with E-state index in [0.29, 0.717) is 11.5 Å². The molecule has 1 aliphatic rings. The minimum absolute atomic E-state index is 0.112. The van der Waals surface area contributed by atoms with Gasteiger partial charge in [-0.3, -0.25) is 0 Å². The van der Waals surface area contributed by atoms with Gasteiger partial charge < -0.3 is 19.9 Å². The Kier molecular flexibility index (Phi) is 3.15. The number of hydrogen-bond acceptors (Lipinski definition) is 4. The van der Waals surface area contributed by atoms with Gasteiger partial charge >= 0.3 is 0 Å². The molecule has 2 N–H and O–H groups in total. The molecule has 1 aromatic carbocycles. The van der Waals surface area contributed by atoms with Crippen LogP contribution in [0.1, 0.15) is 19.8 Å². The fourth-order valence-corrected chi connectivity index (χ4v) is 2.06. The maximum absolute atomic E-state index is 9.94. The molecule has 94 valence electrons. The van der Waals surface area contributed by atoms with Crippen LogP contribution in [-0.4, -0.2) is 31.0 Å². The third kappa shape index (κ3) is 2.31. The molecule has 1 aromatic rings. The highest BCUT2D eigenvalue weighted by molar-refractivity contribution is 5.55. The van der Waals surface area contributed by atoms with Gasteiger partial charge in [-0.05, 0) is 31.9 Å². The molecule has 0 heterocycles. The zero-order valence-electron chi connectivity index (χ0n) is 10.5. The van der Waals surface area contributed by atoms with Crippen LogP contribution in [0.15, 0.2) is 18.2 Å². The van der Waals surface area contributed by atoms with E-state index in [4.69, 9.17) is 9.47 Å². The Bertz CT molecular complexity index is 404. The third-order valence-electron chi connectivity index (χ3n) is 3.41. The molecule has 2 rings (SSSR count). The van der Waals surface area contributed by atoms with E-state index in [9.17, 15) is 5.11 Å². The predicted octanol–water partition coefficient (Wildman–Crippen LogP) is 2.03. The van der Waals surface area contributed by atoms with Crippen LogP contribution in [0.25, 0.3) is 0 Å². The zero-order chi connectivity index (χ0) is 12.5. The van der Waals surface area contributed by atoms with E-state index in [1.165, 1.54) is 0 Å². The number of methoxy groups -OCH3 is 2. The largest absolute Gasteiger partial charge is 0.493 e. The normalized spacial score (nSPS) is 27.2. The number of nitrogens with one attached hydrogen (secondary N) is 1. The highest BCUT2D eigenvalue weighted by atomic mass is 16.5. The monoisotopic (exact) mass is 237 g/mol. The second-order valence-corrected chi connectivity index (χ2v) is 4.66. The summed E-state index contributed by atoms with van der Waals surface area (Å²) in [6, 6.07) is 5.78. The lowest BCUT2D eigenvalue weighted by atomic mass is 9.76. The van der Waals surface area contributed by atoms with Crippen LogP contribution >= 0.6 is 0 Å². The molecule has 4 nitrogen and oxygen atoms in total. The summed E-state index contributed by atoms with van der Waals surface area (Å²) in [5.41, 5.74) is 0.334. The molecule has 2 atom stereocenters. The summed E-state index contributed by atoms with van der Waals surface area (Å²) in [6.07, 6.45) is 1.83. The summed E-state index contributed by atoms with van der Waals surface area (Å²) in [5, 5.41) is 13.3. The maximum atomic E-state index is 9.94. The Morgan fingerprint density at radius 3 is 2.47 bits per heavy atom. The average molecular weight is 237 g/mol. The molecule has 0 radical (unpaired) electrons. The van der Waals surface area contributed by atoms with Crippen LogP contribution in [0.4, 0.5) is 5.69 Å². The van der Waals surface area contributed by atoms with E-state index in [1.54, 1.807) is 14.2 Å². The van der Waals surface area contributed by atoms with Gasteiger partial charge in [-0.1, -0.05) is 0 Å². The SMILES string of the molecule is COc1ccc(N[C@H]2CC[C@]2(C)O)cc1OC. The van der Waals surface area contributed by atoms with Crippen molar-refractivity contribution in [1.82, 2.24) is 0 Å². The van der Waals surface area contributed by atoms with E-state index in [-0.39, 0.29) is 6.04 Å². The fraction of sp³-hybridized carbons (Fsp3) is 0.538. The topological polar surface area (TPSA) is 50.7 Å². The molecule has 0 unspecified atom stereocenters. The first kappa shape index (κ1) is 12.0. The number of benzene rings is 1. The minimum atomic E-state index is -0.604. The van der Waals surface area contributed by atoms with E-state index in [1.807, 2.05) is 25.1 Å². The van der Waals surface area contributed by atoms with Gasteiger partial charge in [0.2, 0.25) is 0 Å². The van der Waals surface area contributed by atoms with Gasteiger partial charge in [-0.2, -0.15) is 0 Å². The number of aliphatic hydroxyl groups is 1. The number of hydrogen-bond donors (Lipinski definition) is 2. The van der Waals surface area contributed by atoms with E-state index in [2.05, 4.69) is 5.32 Å². The van der Waals surface area contributed by atoms with Gasteiger partial charge in [-0.25, -0.2) is 0 Å². The Morgan fingerprint density at radius 1 is 1.29 bits per heavy atom. The smallest absolute Gasteiger partial charge is 0.162 e. The first-order valence-electron chi connectivity index (χ1n) is 5.78. The highest BCUT2D eigenvalue weighted by Gasteiger charge is 2.40. The lowest BCUT2D eigenvalue weighted by Gasteiger charge is -2.43. The predicted molar refractivity (Wildman–Crippen MR) is 66.8 cm³/mol. The molecule has 1 fully saturated rings. The van der Waals surface area contributed by atoms with Crippen molar-refractivity contribution in [2.45, 2.75) is 31.4 Å². The van der Waals surface area contributed by atoms with Gasteiger partial charge in [0.25, 0.3) is 0 Å². The van der Waals surface area contributed by atoms with Crippen LogP contribution in [0.2, 0.25) is 0 Å². The Labute approximate surface area is 102 Å². The van der Waals surface area contributed by atoms with Crippen molar-refractivity contribution in [3.63, 3.8) is 0 Å². The Morgan fingerprint density at radius 2 is 2.00 bits per heavy atom. The molecule has 1 saturated carbocycles. The number of anilines is 1. The summed E-state index contributed by atoms with van der Waals surface area (Å²) in [5.74, 6) is 1.40. The molecular formula is C13H19NO3. The second kappa shape index (κ2) is 4.45. The van der Waals surface area contributed by atoms with Crippen LogP contribution < -0.4 is 14.8 Å². The van der Waals surface area contributed by atoms with Gasteiger partial charge in [-0.15, -0.1) is 0 Å². The van der Waals surface area contributed by atoms with Gasteiger partial charge in [0.15, 0.2) is 11.5 Å². The van der Waals surface area contributed by atoms with Gasteiger partial charge in [0.05, 0.1) is 25.9 Å². The highest BCUT2D eigenvalue weighted by Crippen LogP contribution is 2.36. The van der Waals surface area contributed by atoms with Crippen molar-refractivity contribution in [3.05, 3.63) is 18.2 Å². The molecule has 4 heteroatoms. The van der Waals surface area contributed by atoms with E-state index in [0.717, 1.165) is 18.5 Å². The van der Waals surface area contributed by atoms with Gasteiger partial charge in [0, 0.05) is 11.8 Å². The Balaban J connectivity index is 2.12. The fourth-order valence-electron chi connectivity index (χ4n) is 2.06. The van der Waals surface area contributed by atoms with Crippen LogP contribution in [-0.2, 0) is 0 Å². The second-order valence-electron chi connectivity index (χ2n) is 4.66. The molecule has 0 aromatic heterocycles. The molecule has 0 saturated heterocycles. The van der Waals surface area contributed by atoms with Crippen molar-refractivity contribution in [3.8, 4) is 11.5 Å². The first-order chi connectivity index (χ1) is 8.06. The molecule has 0 bridgehead atoms. The van der Waals surface area contributed by atoms with Crippen LogP contribution in [0.5, 0.6) is 11.5 Å². The summed E-state index contributed by atoms with van der Waals surface area (Å²) in [4.78, 5) is 0. The molecular weight excluding hydrogens is 218 g/mol. The molecule has 0 aliphatic heterocycles. The van der Waals surface area contributed by atoms with Crippen molar-refractivity contribution in [2.24, 2.45) is 0 Å². The average Bonchev–Trinajstić information content (AvgIpc) is 2.34. The van der Waals surface area contributed by atoms with Gasteiger partial charge in [0.1, 0.15) is 0 Å². The Hall–Kier alpha value is -1.42. The summed E-state index contributed by atoms with van der Waals surface area (Å²) < 4.78 is 10.4. The van der Waals surface area contributed by atoms with Crippen molar-refractivity contribution < 1.29 is 14.6 Å². The van der Waals surface area contributed by atoms with E-state index >= 15 is 0 Å². The number of rotatable bonds is 4. The van der Waals surface area contributed by atoms with Crippen LogP contribution in [0, 0.1) is 0 Å². The number of ether oxygens (including phenoxy) is 2. The van der Waals surface area contributed by atoms with E-state index < -0.39 is 5.60 Å². The third-order valence-corrected chi connectivity index (χ3v) is 3.41. The quantitative estimate of drug-likeness (QED) is 0.841. The maximum Gasteiger partial charge on any atom is 0.162 e. The van der Waals surface area contributed by atoms with Crippen molar-refractivity contribution >= 4 is 5.69 Å². The lowest BCUT2D eigenvalue weighted by molar-refractivity contribution is -0.0286. The van der Waals surface area contributed by atoms with Crippen molar-refractivity contribution in [1.29, 1.82) is 0 Å². The van der Waals surface area contributed by atoms with Crippen LogP contribution in [0.3, 0.4) is 0 Å². The first-order valence-corrected chi connectivity index (χ1v) is 5.78. The summed E-state index contributed by atoms with van der Waals surface area (Å²) in [7, 11) is 3.23. The summed E-state index contributed by atoms with van der Waals surface area (Å²) in [6.45, 7) is 1.86. The zero-order valence-corrected chi connectivity index (χ0v) is 10.5. The summed E-state index contributed by atoms with van der Waals surface area (Å²) >= 11 is 0. The lowest BCUT2D eigenvalue weighted by Crippen LogP contribution is -2.53. The van der Waals surface area contributed by atoms with Crippen molar-refractivity contribution in [2.75, 3.05) is 19.5 Å². The minimum Gasteiger partial charge on any atom is -0.493 e. The molecule has 1 aliphatic carbocycles. The molecule has 17 heavy (non-hydrogen) atoms. The molecule has 0 spiro atoms.